The van der Waals surface area contributed by atoms with Crippen LogP contribution in [0.2, 0.25) is 10.0 Å². The number of alkyl halides is 6. The fraction of sp³-hybridized carbons (Fsp3) is 0.535. The highest BCUT2D eigenvalue weighted by atomic mass is 35.5. The zero-order chi connectivity index (χ0) is 42.2. The molecule has 0 bridgehead atoms. The minimum absolute atomic E-state index is 0. The molecule has 17 heteroatoms. The zero-order valence-corrected chi connectivity index (χ0v) is 35.1. The van der Waals surface area contributed by atoms with Crippen molar-refractivity contribution in [2.24, 2.45) is 0 Å². The first-order valence-corrected chi connectivity index (χ1v) is 20.8. The summed E-state index contributed by atoms with van der Waals surface area (Å²) in [6.07, 6.45) is -4.67. The van der Waals surface area contributed by atoms with Gasteiger partial charge < -0.3 is 29.3 Å². The molecule has 3 fully saturated rings. The fourth-order valence-corrected chi connectivity index (χ4v) is 9.89. The van der Waals surface area contributed by atoms with Crippen LogP contribution in [-0.2, 0) is 44.1 Å². The molecule has 328 valence electrons. The second-order valence-corrected chi connectivity index (χ2v) is 17.0. The lowest BCUT2D eigenvalue weighted by atomic mass is 9.72. The summed E-state index contributed by atoms with van der Waals surface area (Å²) in [6, 6.07) is 14.2. The summed E-state index contributed by atoms with van der Waals surface area (Å²) >= 11 is 12.7. The van der Waals surface area contributed by atoms with Gasteiger partial charge in [0.15, 0.2) is 0 Å². The monoisotopic (exact) mass is 905 g/mol. The number of piperidine rings is 1. The highest BCUT2D eigenvalue weighted by Gasteiger charge is 2.50. The van der Waals surface area contributed by atoms with Gasteiger partial charge >= 0.3 is 12.4 Å². The van der Waals surface area contributed by atoms with E-state index in [9.17, 15) is 41.0 Å². The summed E-state index contributed by atoms with van der Waals surface area (Å²) < 4.78 is 95.4. The van der Waals surface area contributed by atoms with Crippen molar-refractivity contribution in [3.05, 3.63) is 104 Å². The zero-order valence-electron chi connectivity index (χ0n) is 32.8. The Bertz CT molecular complexity index is 1980. The Morgan fingerprint density at radius 1 is 0.900 bits per heavy atom. The van der Waals surface area contributed by atoms with Crippen molar-refractivity contribution in [3.8, 4) is 0 Å². The summed E-state index contributed by atoms with van der Waals surface area (Å²) in [7, 11) is 0. The van der Waals surface area contributed by atoms with Crippen molar-refractivity contribution < 1.29 is 50.5 Å². The lowest BCUT2D eigenvalue weighted by Crippen LogP contribution is -2.54. The Morgan fingerprint density at radius 3 is 2.27 bits per heavy atom. The molecule has 3 atom stereocenters. The maximum atomic E-state index is 13.8. The van der Waals surface area contributed by atoms with E-state index in [-0.39, 0.29) is 84.9 Å². The predicted octanol–water partition coefficient (Wildman–Crippen LogP) is 8.95. The Labute approximate surface area is 361 Å². The third-order valence-corrected chi connectivity index (χ3v) is 13.4. The molecule has 0 unspecified atom stereocenters. The van der Waals surface area contributed by atoms with Gasteiger partial charge in [0.25, 0.3) is 5.91 Å². The van der Waals surface area contributed by atoms with Crippen molar-refractivity contribution in [2.75, 3.05) is 59.1 Å². The van der Waals surface area contributed by atoms with Crippen molar-refractivity contribution in [1.29, 1.82) is 0 Å². The minimum atomic E-state index is -5.11. The molecule has 0 saturated carbocycles. The first kappa shape index (κ1) is 46.4. The quantitative estimate of drug-likeness (QED) is 0.194. The van der Waals surface area contributed by atoms with E-state index in [1.165, 1.54) is 16.0 Å². The average molecular weight is 907 g/mol. The Kier molecular flexibility index (Phi) is 14.5. The molecule has 3 heterocycles. The molecular formula is C43H48Cl3F6N3O5. The summed E-state index contributed by atoms with van der Waals surface area (Å²) in [5, 5.41) is 9.83. The first-order chi connectivity index (χ1) is 28.0. The van der Waals surface area contributed by atoms with E-state index in [1.54, 1.807) is 18.2 Å². The number of benzene rings is 3. The summed E-state index contributed by atoms with van der Waals surface area (Å²) in [6.45, 7) is 2.33. The number of hydrogen-bond donors (Lipinski definition) is 1. The molecule has 1 spiro atoms. The molecule has 3 saturated heterocycles. The van der Waals surface area contributed by atoms with Gasteiger partial charge in [-0.15, -0.1) is 12.4 Å². The van der Waals surface area contributed by atoms with Crippen LogP contribution >= 0.6 is 35.6 Å². The van der Waals surface area contributed by atoms with Crippen molar-refractivity contribution in [3.63, 3.8) is 0 Å². The number of carbonyl (C=O) groups excluding carboxylic acids is 2. The van der Waals surface area contributed by atoms with Crippen LogP contribution in [-0.4, -0.2) is 103 Å². The standard InChI is InChI=1S/C43H47Cl2F6N3O5.ClH/c44-35-10-9-30(25-36(35)45)41(27-53(18-20-59-41)39(57)29-21-31(42(46,47)48)24-32(22-29)43(49,50)51)13-17-52-15-11-40(12-16-52)34-8-2-1-5-28(34)23-37(40)58-26-38(56)54-14-3-6-33(54)7-4-19-55;/h1-2,5,8-10,21-22,24-25,33,37,55H,3-4,6-7,11-20,23,26-27H2;1H/t33-,37+,41+;/m1./s1. The molecule has 1 N–H and O–H groups in total. The molecule has 1 aliphatic carbocycles. The number of rotatable bonds is 11. The molecular weight excluding hydrogens is 859 g/mol. The maximum Gasteiger partial charge on any atom is 0.416 e. The Balaban J connectivity index is 0.00000604. The Morgan fingerprint density at radius 2 is 1.60 bits per heavy atom. The van der Waals surface area contributed by atoms with Crippen molar-refractivity contribution in [2.45, 2.75) is 86.9 Å². The van der Waals surface area contributed by atoms with Gasteiger partial charge in [-0.25, -0.2) is 0 Å². The van der Waals surface area contributed by atoms with Crippen LogP contribution < -0.4 is 0 Å². The Hall–Kier alpha value is -3.11. The van der Waals surface area contributed by atoms with E-state index < -0.39 is 40.6 Å². The number of nitrogens with zero attached hydrogens (tertiary/aromatic N) is 3. The molecule has 0 radical (unpaired) electrons. The molecule has 3 aromatic rings. The van der Waals surface area contributed by atoms with Gasteiger partial charge in [-0.1, -0.05) is 53.5 Å². The van der Waals surface area contributed by atoms with Gasteiger partial charge in [0.2, 0.25) is 5.91 Å². The number of ether oxygens (including phenoxy) is 2. The van der Waals surface area contributed by atoms with E-state index in [0.29, 0.717) is 63.1 Å². The fourth-order valence-electron chi connectivity index (χ4n) is 9.59. The summed E-state index contributed by atoms with van der Waals surface area (Å²) in [5.41, 5.74) is -2.42. The average Bonchev–Trinajstić information content (AvgIpc) is 3.81. The lowest BCUT2D eigenvalue weighted by Gasteiger charge is -2.46. The maximum absolute atomic E-state index is 13.8. The number of aliphatic hydroxyl groups is 1. The lowest BCUT2D eigenvalue weighted by molar-refractivity contribution is -0.143. The normalized spacial score (nSPS) is 23.1. The molecule has 4 aliphatic rings. The van der Waals surface area contributed by atoms with Crippen LogP contribution in [0.5, 0.6) is 0 Å². The van der Waals surface area contributed by atoms with Crippen LogP contribution in [0.15, 0.2) is 60.7 Å². The molecule has 3 aromatic carbocycles. The van der Waals surface area contributed by atoms with Crippen molar-refractivity contribution in [1.82, 2.24) is 14.7 Å². The molecule has 7 rings (SSSR count). The number of aliphatic hydroxyl groups excluding tert-OH is 1. The smallest absolute Gasteiger partial charge is 0.396 e. The second kappa shape index (κ2) is 18.7. The van der Waals surface area contributed by atoms with Gasteiger partial charge in [-0.3, -0.25) is 9.59 Å². The molecule has 8 nitrogen and oxygen atoms in total. The van der Waals surface area contributed by atoms with Gasteiger partial charge in [0.1, 0.15) is 12.2 Å². The SMILES string of the molecule is Cl.O=C(c1cc(C(F)(F)F)cc(C(F)(F)F)c1)N1CCO[C@](CCN2CCC3(CC2)c2ccccc2C[C@@H]3OCC(=O)N2CCC[C@@H]2CCCO)(c2ccc(Cl)c(Cl)c2)C1. The van der Waals surface area contributed by atoms with Crippen molar-refractivity contribution >= 4 is 47.4 Å². The molecule has 2 amide bonds. The topological polar surface area (TPSA) is 82.6 Å². The minimum Gasteiger partial charge on any atom is -0.396 e. The van der Waals surface area contributed by atoms with E-state index >= 15 is 0 Å². The van der Waals surface area contributed by atoms with E-state index in [2.05, 4.69) is 17.0 Å². The highest BCUT2D eigenvalue weighted by Crippen LogP contribution is 2.48. The number of hydrogen-bond acceptors (Lipinski definition) is 6. The van der Waals surface area contributed by atoms with Gasteiger partial charge in [-0.05, 0) is 111 Å². The second-order valence-electron chi connectivity index (χ2n) is 16.2. The largest absolute Gasteiger partial charge is 0.416 e. The van der Waals surface area contributed by atoms with E-state index in [4.69, 9.17) is 32.7 Å². The number of likely N-dealkylation sites (tertiary alicyclic amines) is 2. The van der Waals surface area contributed by atoms with E-state index in [0.717, 1.165) is 32.1 Å². The third-order valence-electron chi connectivity index (χ3n) is 12.7. The molecule has 0 aromatic heterocycles. The number of morpholine rings is 1. The van der Waals surface area contributed by atoms with Crippen LogP contribution in [0.25, 0.3) is 0 Å². The van der Waals surface area contributed by atoms with Crippen LogP contribution in [0.1, 0.15) is 83.1 Å². The highest BCUT2D eigenvalue weighted by molar-refractivity contribution is 6.42. The number of halogens is 9. The van der Waals surface area contributed by atoms with Crippen LogP contribution in [0, 0.1) is 0 Å². The van der Waals surface area contributed by atoms with Gasteiger partial charge in [0, 0.05) is 43.3 Å². The predicted molar refractivity (Wildman–Crippen MR) is 217 cm³/mol. The van der Waals surface area contributed by atoms with Crippen LogP contribution in [0.4, 0.5) is 26.3 Å². The van der Waals surface area contributed by atoms with Gasteiger partial charge in [-0.2, -0.15) is 26.3 Å². The molecule has 60 heavy (non-hydrogen) atoms. The summed E-state index contributed by atoms with van der Waals surface area (Å²) in [5.74, 6) is -1.01. The third kappa shape index (κ3) is 9.75. The number of carbonyl (C=O) groups is 2. The number of amides is 2. The van der Waals surface area contributed by atoms with Crippen LogP contribution in [0.3, 0.4) is 0 Å². The number of fused-ring (bicyclic) bond motifs is 2. The first-order valence-electron chi connectivity index (χ1n) is 20.0. The summed E-state index contributed by atoms with van der Waals surface area (Å²) in [4.78, 5) is 32.7. The van der Waals surface area contributed by atoms with E-state index in [1.807, 2.05) is 17.0 Å². The molecule has 3 aliphatic heterocycles. The van der Waals surface area contributed by atoms with Gasteiger partial charge in [0.05, 0.1) is 40.4 Å².